The van der Waals surface area contributed by atoms with Crippen LogP contribution in [0.5, 0.6) is 0 Å². The quantitative estimate of drug-likeness (QED) is 0.847. The van der Waals surface area contributed by atoms with E-state index in [1.54, 1.807) is 0 Å². The van der Waals surface area contributed by atoms with Crippen LogP contribution >= 0.6 is 0 Å². The molecule has 0 aliphatic heterocycles. The van der Waals surface area contributed by atoms with Crippen molar-refractivity contribution in [3.05, 3.63) is 35.1 Å². The second-order valence-electron chi connectivity index (χ2n) is 4.39. The second-order valence-corrected chi connectivity index (χ2v) is 4.39. The Morgan fingerprint density at radius 2 is 2.19 bits per heavy atom. The summed E-state index contributed by atoms with van der Waals surface area (Å²) in [6.07, 6.45) is 0. The molecule has 1 aromatic rings. The highest BCUT2D eigenvalue weighted by atomic mass is 19.1. The van der Waals surface area contributed by atoms with Gasteiger partial charge in [0, 0.05) is 5.54 Å². The first-order valence-electron chi connectivity index (χ1n) is 4.97. The first-order chi connectivity index (χ1) is 7.42. The van der Waals surface area contributed by atoms with Crippen LogP contribution in [-0.4, -0.2) is 12.1 Å². The molecule has 0 fully saturated rings. The zero-order valence-corrected chi connectivity index (χ0v) is 9.46. The lowest BCUT2D eigenvalue weighted by Gasteiger charge is -2.18. The molecule has 3 nitrogen and oxygen atoms in total. The van der Waals surface area contributed by atoms with Gasteiger partial charge in [0.1, 0.15) is 5.82 Å². The maximum atomic E-state index is 13.0. The Kier molecular flexibility index (Phi) is 3.99. The average molecular weight is 222 g/mol. The van der Waals surface area contributed by atoms with E-state index in [1.807, 2.05) is 19.9 Å². The Balaban J connectivity index is 2.67. The lowest BCUT2D eigenvalue weighted by Crippen LogP contribution is -2.37. The fraction of sp³-hybridized carbons (Fsp3) is 0.417. The van der Waals surface area contributed by atoms with E-state index in [2.05, 4.69) is 0 Å². The Hall–Kier alpha value is -1.44. The number of ether oxygens (including phenoxy) is 1. The van der Waals surface area contributed by atoms with E-state index in [0.29, 0.717) is 17.7 Å². The fourth-order valence-electron chi connectivity index (χ4n) is 1.21. The van der Waals surface area contributed by atoms with Crippen molar-refractivity contribution in [1.29, 1.82) is 5.26 Å². The van der Waals surface area contributed by atoms with Crippen molar-refractivity contribution in [1.82, 2.24) is 0 Å². The second kappa shape index (κ2) is 5.06. The van der Waals surface area contributed by atoms with Crippen molar-refractivity contribution in [2.24, 2.45) is 5.73 Å². The van der Waals surface area contributed by atoms with Gasteiger partial charge in [-0.3, -0.25) is 0 Å². The van der Waals surface area contributed by atoms with Crippen LogP contribution in [0.15, 0.2) is 18.2 Å². The van der Waals surface area contributed by atoms with Gasteiger partial charge in [-0.15, -0.1) is 0 Å². The third-order valence-electron chi connectivity index (χ3n) is 1.92. The van der Waals surface area contributed by atoms with Gasteiger partial charge in [0.2, 0.25) is 0 Å². The molecule has 0 saturated carbocycles. The fourth-order valence-corrected chi connectivity index (χ4v) is 1.21. The summed E-state index contributed by atoms with van der Waals surface area (Å²) in [5, 5.41) is 8.82. The molecular formula is C12H15FN2O. The highest BCUT2D eigenvalue weighted by Crippen LogP contribution is 2.12. The van der Waals surface area contributed by atoms with Crippen LogP contribution in [-0.2, 0) is 11.3 Å². The van der Waals surface area contributed by atoms with Gasteiger partial charge < -0.3 is 10.5 Å². The summed E-state index contributed by atoms with van der Waals surface area (Å²) in [4.78, 5) is 0. The molecule has 0 aliphatic carbocycles. The van der Waals surface area contributed by atoms with E-state index in [0.717, 1.165) is 0 Å². The molecule has 0 atom stereocenters. The van der Waals surface area contributed by atoms with Crippen LogP contribution in [0.4, 0.5) is 4.39 Å². The molecule has 0 radical (unpaired) electrons. The minimum Gasteiger partial charge on any atom is -0.375 e. The van der Waals surface area contributed by atoms with Gasteiger partial charge in [-0.1, -0.05) is 0 Å². The van der Waals surface area contributed by atoms with Gasteiger partial charge in [0.15, 0.2) is 0 Å². The Morgan fingerprint density at radius 1 is 1.50 bits per heavy atom. The van der Waals surface area contributed by atoms with Crippen molar-refractivity contribution in [3.8, 4) is 6.07 Å². The number of halogens is 1. The number of nitrogens with two attached hydrogens (primary N) is 1. The molecule has 4 heteroatoms. The van der Waals surface area contributed by atoms with Crippen LogP contribution in [0.2, 0.25) is 0 Å². The van der Waals surface area contributed by atoms with Crippen LogP contribution in [0, 0.1) is 17.1 Å². The van der Waals surface area contributed by atoms with Crippen LogP contribution < -0.4 is 5.73 Å². The highest BCUT2D eigenvalue weighted by molar-refractivity contribution is 5.37. The van der Waals surface area contributed by atoms with Gasteiger partial charge >= 0.3 is 0 Å². The molecule has 86 valence electrons. The van der Waals surface area contributed by atoms with Crippen molar-refractivity contribution < 1.29 is 9.13 Å². The van der Waals surface area contributed by atoms with Gasteiger partial charge in [-0.2, -0.15) is 5.26 Å². The normalized spacial score (nSPS) is 11.2. The smallest absolute Gasteiger partial charge is 0.123 e. The Labute approximate surface area is 94.6 Å². The minimum atomic E-state index is -0.430. The van der Waals surface area contributed by atoms with E-state index in [-0.39, 0.29) is 12.4 Å². The summed E-state index contributed by atoms with van der Waals surface area (Å²) in [5.74, 6) is -0.371. The molecular weight excluding hydrogens is 207 g/mol. The molecule has 0 aliphatic rings. The molecule has 0 aromatic heterocycles. The van der Waals surface area contributed by atoms with E-state index in [1.165, 1.54) is 18.2 Å². The lowest BCUT2D eigenvalue weighted by atomic mass is 10.1. The summed E-state index contributed by atoms with van der Waals surface area (Å²) >= 11 is 0. The summed E-state index contributed by atoms with van der Waals surface area (Å²) in [5.41, 5.74) is 6.28. The van der Waals surface area contributed by atoms with Gasteiger partial charge in [-0.05, 0) is 37.6 Å². The van der Waals surface area contributed by atoms with E-state index >= 15 is 0 Å². The number of hydrogen-bond acceptors (Lipinski definition) is 3. The van der Waals surface area contributed by atoms with Crippen LogP contribution in [0.3, 0.4) is 0 Å². The van der Waals surface area contributed by atoms with Gasteiger partial charge in [0.25, 0.3) is 0 Å². The first kappa shape index (κ1) is 12.6. The number of nitrogens with zero attached hydrogens (tertiary/aromatic N) is 1. The van der Waals surface area contributed by atoms with E-state index in [4.69, 9.17) is 15.7 Å². The Morgan fingerprint density at radius 3 is 2.75 bits per heavy atom. The molecule has 16 heavy (non-hydrogen) atoms. The highest BCUT2D eigenvalue weighted by Gasteiger charge is 2.11. The molecule has 1 aromatic carbocycles. The first-order valence-corrected chi connectivity index (χ1v) is 4.97. The third-order valence-corrected chi connectivity index (χ3v) is 1.92. The summed E-state index contributed by atoms with van der Waals surface area (Å²) in [7, 11) is 0. The molecule has 0 amide bonds. The van der Waals surface area contributed by atoms with Crippen LogP contribution in [0.1, 0.15) is 25.0 Å². The van der Waals surface area contributed by atoms with E-state index in [9.17, 15) is 4.39 Å². The average Bonchev–Trinajstić information content (AvgIpc) is 2.16. The number of rotatable bonds is 4. The summed E-state index contributed by atoms with van der Waals surface area (Å²) in [6.45, 7) is 4.23. The van der Waals surface area contributed by atoms with Gasteiger partial charge in [-0.25, -0.2) is 4.39 Å². The van der Waals surface area contributed by atoms with Crippen molar-refractivity contribution in [3.63, 3.8) is 0 Å². The maximum absolute atomic E-state index is 13.0. The van der Waals surface area contributed by atoms with Gasteiger partial charge in [0.05, 0.1) is 24.8 Å². The maximum Gasteiger partial charge on any atom is 0.123 e. The summed E-state index contributed by atoms with van der Waals surface area (Å²) < 4.78 is 18.3. The number of benzene rings is 1. The predicted molar refractivity (Wildman–Crippen MR) is 59.0 cm³/mol. The number of nitriles is 1. The largest absolute Gasteiger partial charge is 0.375 e. The standard InChI is InChI=1S/C12H15FN2O/c1-12(2,15)8-16-7-10-5-11(13)4-3-9(10)6-14/h3-5H,7-8,15H2,1-2H3. The summed E-state index contributed by atoms with van der Waals surface area (Å²) in [6, 6.07) is 6.01. The SMILES string of the molecule is CC(C)(N)COCc1cc(F)ccc1C#N. The monoisotopic (exact) mass is 222 g/mol. The molecule has 0 heterocycles. The minimum absolute atomic E-state index is 0.196. The topological polar surface area (TPSA) is 59.0 Å². The van der Waals surface area contributed by atoms with Crippen LogP contribution in [0.25, 0.3) is 0 Å². The molecule has 0 spiro atoms. The molecule has 2 N–H and O–H groups in total. The zero-order valence-electron chi connectivity index (χ0n) is 9.46. The Bertz CT molecular complexity index is 404. The zero-order chi connectivity index (χ0) is 12.2. The molecule has 1 rings (SSSR count). The van der Waals surface area contributed by atoms with Crippen molar-refractivity contribution in [2.45, 2.75) is 26.0 Å². The van der Waals surface area contributed by atoms with Crippen molar-refractivity contribution >= 4 is 0 Å². The lowest BCUT2D eigenvalue weighted by molar-refractivity contribution is 0.0848. The molecule has 0 bridgehead atoms. The molecule has 0 unspecified atom stereocenters. The van der Waals surface area contributed by atoms with Crippen molar-refractivity contribution in [2.75, 3.05) is 6.61 Å². The molecule has 0 saturated heterocycles. The third kappa shape index (κ3) is 3.97. The number of hydrogen-bond donors (Lipinski definition) is 1. The predicted octanol–water partition coefficient (Wildman–Crippen LogP) is 1.95. The van der Waals surface area contributed by atoms with E-state index < -0.39 is 5.54 Å².